The molecule has 7 nitrogen and oxygen atoms in total. The molecule has 0 bridgehead atoms. The van der Waals surface area contributed by atoms with Crippen molar-refractivity contribution in [3.63, 3.8) is 0 Å². The van der Waals surface area contributed by atoms with Gasteiger partial charge in [0.05, 0.1) is 21.8 Å². The zero-order chi connectivity index (χ0) is 21.4. The minimum atomic E-state index is -0.220. The standard InChI is InChI=1S/C23H25N5O2S/c1-26-11-6-13-28(21-20(26)24-17-8-2-3-9-18(17)25-21)22(29)16-7-4-12-27(15-16)23(30)19-10-5-14-31-19/h2-3,5,8-10,14,16H,4,6-7,11-13,15H2,1H3. The number of hydrogen-bond donors (Lipinski definition) is 0. The minimum Gasteiger partial charge on any atom is -0.357 e. The van der Waals surface area contributed by atoms with Gasteiger partial charge in [0, 0.05) is 33.2 Å². The molecule has 8 heteroatoms. The fourth-order valence-electron chi connectivity index (χ4n) is 4.45. The normalized spacial score (nSPS) is 19.3. The molecule has 0 aliphatic carbocycles. The largest absolute Gasteiger partial charge is 0.357 e. The van der Waals surface area contributed by atoms with E-state index >= 15 is 0 Å². The van der Waals surface area contributed by atoms with Gasteiger partial charge in [-0.3, -0.25) is 14.5 Å². The van der Waals surface area contributed by atoms with Gasteiger partial charge < -0.3 is 9.80 Å². The van der Waals surface area contributed by atoms with E-state index in [-0.39, 0.29) is 17.7 Å². The van der Waals surface area contributed by atoms with Crippen LogP contribution in [0.5, 0.6) is 0 Å². The van der Waals surface area contributed by atoms with E-state index in [9.17, 15) is 9.59 Å². The maximum atomic E-state index is 13.7. The summed E-state index contributed by atoms with van der Waals surface area (Å²) in [5.74, 6) is 1.22. The molecule has 4 heterocycles. The number of hydrogen-bond acceptors (Lipinski definition) is 6. The number of nitrogens with zero attached hydrogens (tertiary/aromatic N) is 5. The van der Waals surface area contributed by atoms with E-state index < -0.39 is 0 Å². The van der Waals surface area contributed by atoms with Crippen LogP contribution in [0.15, 0.2) is 41.8 Å². The maximum absolute atomic E-state index is 13.7. The van der Waals surface area contributed by atoms with E-state index in [1.807, 2.05) is 58.6 Å². The highest BCUT2D eigenvalue weighted by Crippen LogP contribution is 2.32. The Morgan fingerprint density at radius 2 is 1.74 bits per heavy atom. The van der Waals surface area contributed by atoms with E-state index in [0.717, 1.165) is 47.5 Å². The third kappa shape index (κ3) is 3.76. The predicted molar refractivity (Wildman–Crippen MR) is 123 cm³/mol. The molecule has 3 aromatic rings. The summed E-state index contributed by atoms with van der Waals surface area (Å²) in [5, 5.41) is 1.91. The molecule has 0 N–H and O–H groups in total. The van der Waals surface area contributed by atoms with Crippen molar-refractivity contribution >= 4 is 45.8 Å². The van der Waals surface area contributed by atoms with E-state index in [2.05, 4.69) is 4.90 Å². The number of carbonyl (C=O) groups is 2. The van der Waals surface area contributed by atoms with Gasteiger partial charge in [-0.2, -0.15) is 0 Å². The van der Waals surface area contributed by atoms with Gasteiger partial charge in [0.25, 0.3) is 5.91 Å². The van der Waals surface area contributed by atoms with Crippen LogP contribution >= 0.6 is 11.3 Å². The summed E-state index contributed by atoms with van der Waals surface area (Å²) >= 11 is 1.45. The monoisotopic (exact) mass is 435 g/mol. The number of para-hydroxylation sites is 2. The van der Waals surface area contributed by atoms with E-state index in [4.69, 9.17) is 9.97 Å². The van der Waals surface area contributed by atoms with E-state index in [0.29, 0.717) is 25.5 Å². The lowest BCUT2D eigenvalue weighted by molar-refractivity contribution is -0.123. The summed E-state index contributed by atoms with van der Waals surface area (Å²) in [6.07, 6.45) is 2.47. The van der Waals surface area contributed by atoms with Crippen LogP contribution in [-0.4, -0.2) is 59.9 Å². The van der Waals surface area contributed by atoms with Gasteiger partial charge >= 0.3 is 0 Å². The number of carbonyl (C=O) groups excluding carboxylic acids is 2. The van der Waals surface area contributed by atoms with Gasteiger partial charge in [-0.25, -0.2) is 9.97 Å². The van der Waals surface area contributed by atoms with Crippen LogP contribution in [0.1, 0.15) is 28.9 Å². The SMILES string of the molecule is CN1CCCN(C(=O)C2CCCN(C(=O)c3cccs3)C2)c2nc3ccccc3nc21. The zero-order valence-electron chi connectivity index (χ0n) is 17.5. The minimum absolute atomic E-state index is 0.0225. The number of likely N-dealkylation sites (tertiary alicyclic amines) is 1. The molecule has 1 fully saturated rings. The number of thiophene rings is 1. The molecule has 2 aliphatic rings. The van der Waals surface area contributed by atoms with Crippen LogP contribution in [0.2, 0.25) is 0 Å². The molecule has 0 radical (unpaired) electrons. The first-order valence-electron chi connectivity index (χ1n) is 10.7. The molecule has 1 aromatic carbocycles. The highest BCUT2D eigenvalue weighted by atomic mass is 32.1. The molecule has 0 saturated carbocycles. The smallest absolute Gasteiger partial charge is 0.263 e. The number of anilines is 2. The average molecular weight is 436 g/mol. The summed E-state index contributed by atoms with van der Waals surface area (Å²) in [6, 6.07) is 11.5. The lowest BCUT2D eigenvalue weighted by Gasteiger charge is -2.34. The van der Waals surface area contributed by atoms with E-state index in [1.165, 1.54) is 11.3 Å². The van der Waals surface area contributed by atoms with Crippen molar-refractivity contribution in [3.05, 3.63) is 46.7 Å². The highest BCUT2D eigenvalue weighted by Gasteiger charge is 2.35. The van der Waals surface area contributed by atoms with Crippen molar-refractivity contribution in [1.82, 2.24) is 14.9 Å². The fourth-order valence-corrected chi connectivity index (χ4v) is 5.14. The van der Waals surface area contributed by atoms with Gasteiger partial charge in [-0.15, -0.1) is 11.3 Å². The summed E-state index contributed by atoms with van der Waals surface area (Å²) in [4.78, 5) is 42.6. The molecule has 0 spiro atoms. The van der Waals surface area contributed by atoms with E-state index in [1.54, 1.807) is 0 Å². The maximum Gasteiger partial charge on any atom is 0.263 e. The van der Waals surface area contributed by atoms with Crippen molar-refractivity contribution in [3.8, 4) is 0 Å². The first-order chi connectivity index (χ1) is 15.1. The Kier molecular flexibility index (Phi) is 5.31. The van der Waals surface area contributed by atoms with Crippen molar-refractivity contribution in [2.45, 2.75) is 19.3 Å². The molecular formula is C23H25N5O2S. The molecule has 160 valence electrons. The molecule has 2 aromatic heterocycles. The van der Waals surface area contributed by atoms with Crippen LogP contribution in [0, 0.1) is 5.92 Å². The van der Waals surface area contributed by atoms with Gasteiger partial charge in [-0.05, 0) is 42.8 Å². The molecule has 2 amide bonds. The zero-order valence-corrected chi connectivity index (χ0v) is 18.3. The second-order valence-corrected chi connectivity index (χ2v) is 9.14. The van der Waals surface area contributed by atoms with Crippen molar-refractivity contribution in [2.24, 2.45) is 5.92 Å². The second kappa shape index (κ2) is 8.26. The van der Waals surface area contributed by atoms with Crippen LogP contribution in [-0.2, 0) is 4.79 Å². The van der Waals surface area contributed by atoms with Gasteiger partial charge in [0.1, 0.15) is 0 Å². The molecule has 1 atom stereocenters. The summed E-state index contributed by atoms with van der Waals surface area (Å²) < 4.78 is 0. The number of piperidine rings is 1. The predicted octanol–water partition coefficient (Wildman–Crippen LogP) is 3.42. The summed E-state index contributed by atoms with van der Waals surface area (Å²) in [7, 11) is 2.00. The van der Waals surface area contributed by atoms with Crippen molar-refractivity contribution in [1.29, 1.82) is 0 Å². The van der Waals surface area contributed by atoms with Gasteiger partial charge in [-0.1, -0.05) is 18.2 Å². The second-order valence-electron chi connectivity index (χ2n) is 8.19. The highest BCUT2D eigenvalue weighted by molar-refractivity contribution is 7.12. The Morgan fingerprint density at radius 3 is 2.48 bits per heavy atom. The Hall–Kier alpha value is -3.00. The molecule has 2 aliphatic heterocycles. The Labute approximate surface area is 185 Å². The molecule has 31 heavy (non-hydrogen) atoms. The first kappa shape index (κ1) is 19.9. The quantitative estimate of drug-likeness (QED) is 0.617. The third-order valence-corrected chi connectivity index (χ3v) is 6.94. The van der Waals surface area contributed by atoms with Crippen LogP contribution in [0.4, 0.5) is 11.6 Å². The number of benzene rings is 1. The van der Waals surface area contributed by atoms with Gasteiger partial charge in [0.2, 0.25) is 5.91 Å². The summed E-state index contributed by atoms with van der Waals surface area (Å²) in [6.45, 7) is 2.58. The molecular weight excluding hydrogens is 410 g/mol. The first-order valence-corrected chi connectivity index (χ1v) is 11.6. The Morgan fingerprint density at radius 1 is 0.968 bits per heavy atom. The lowest BCUT2D eigenvalue weighted by Crippen LogP contribution is -2.47. The van der Waals surface area contributed by atoms with Crippen LogP contribution in [0.25, 0.3) is 11.0 Å². The lowest BCUT2D eigenvalue weighted by atomic mass is 9.96. The topological polar surface area (TPSA) is 69.6 Å². The summed E-state index contributed by atoms with van der Waals surface area (Å²) in [5.41, 5.74) is 1.61. The van der Waals surface area contributed by atoms with Crippen LogP contribution < -0.4 is 9.80 Å². The fraction of sp³-hybridized carbons (Fsp3) is 0.391. The molecule has 1 saturated heterocycles. The van der Waals surface area contributed by atoms with Crippen molar-refractivity contribution < 1.29 is 9.59 Å². The van der Waals surface area contributed by atoms with Gasteiger partial charge in [0.15, 0.2) is 11.6 Å². The number of rotatable bonds is 2. The van der Waals surface area contributed by atoms with Crippen molar-refractivity contribution in [2.75, 3.05) is 43.0 Å². The Bertz CT molecular complexity index is 1120. The average Bonchev–Trinajstić information content (AvgIpc) is 3.30. The number of fused-ring (bicyclic) bond motifs is 2. The molecule has 5 rings (SSSR count). The van der Waals surface area contributed by atoms with Crippen LogP contribution in [0.3, 0.4) is 0 Å². The number of amides is 2. The number of aromatic nitrogens is 2. The molecule has 1 unspecified atom stereocenters. The Balaban J connectivity index is 1.44. The third-order valence-electron chi connectivity index (χ3n) is 6.08.